The fourth-order valence-electron chi connectivity index (χ4n) is 4.31. The number of halogens is 1. The number of hydrogen-bond donors (Lipinski definition) is 2. The molecule has 6 nitrogen and oxygen atoms in total. The second-order valence-corrected chi connectivity index (χ2v) is 8.25. The van der Waals surface area contributed by atoms with Gasteiger partial charge in [0, 0.05) is 28.4 Å². The summed E-state index contributed by atoms with van der Waals surface area (Å²) in [5.74, 6) is 0.405. The van der Waals surface area contributed by atoms with Crippen molar-refractivity contribution in [1.29, 1.82) is 0 Å². The Morgan fingerprint density at radius 1 is 1.16 bits per heavy atom. The molecule has 0 unspecified atom stereocenters. The molecule has 1 aromatic heterocycles. The molecule has 156 valence electrons. The number of nitrogens with zero attached hydrogens (tertiary/aromatic N) is 2. The molecule has 2 heterocycles. The van der Waals surface area contributed by atoms with Crippen molar-refractivity contribution in [3.8, 4) is 0 Å². The summed E-state index contributed by atoms with van der Waals surface area (Å²) >= 11 is 6.52. The van der Waals surface area contributed by atoms with E-state index in [0.29, 0.717) is 28.4 Å². The zero-order valence-electron chi connectivity index (χ0n) is 17.0. The van der Waals surface area contributed by atoms with Crippen LogP contribution in [0.25, 0.3) is 0 Å². The Morgan fingerprint density at radius 3 is 2.74 bits per heavy atom. The SMILES string of the molecule is Cc1ccccc1NC(=O)c1cnn2c1NC1=C(C(=O)CCC1)[C@@H]2c1ccccc1Cl. The molecule has 7 heteroatoms. The molecular weight excluding hydrogens is 412 g/mol. The average molecular weight is 433 g/mol. The van der Waals surface area contributed by atoms with E-state index in [-0.39, 0.29) is 11.7 Å². The number of Topliss-reactive ketones (excluding diaryl/α,β-unsaturated/α-hetero) is 1. The van der Waals surface area contributed by atoms with Crippen LogP contribution in [0.1, 0.15) is 46.8 Å². The number of nitrogens with one attached hydrogen (secondary N) is 2. The third-order valence-corrected chi connectivity index (χ3v) is 6.22. The van der Waals surface area contributed by atoms with Crippen LogP contribution >= 0.6 is 11.6 Å². The maximum atomic E-state index is 13.1. The van der Waals surface area contributed by atoms with Crippen LogP contribution < -0.4 is 10.6 Å². The fraction of sp³-hybridized carbons (Fsp3) is 0.208. The van der Waals surface area contributed by atoms with Crippen LogP contribution in [0, 0.1) is 6.92 Å². The zero-order chi connectivity index (χ0) is 21.5. The van der Waals surface area contributed by atoms with Gasteiger partial charge in [0.15, 0.2) is 5.78 Å². The Labute approximate surface area is 184 Å². The van der Waals surface area contributed by atoms with Gasteiger partial charge in [0.25, 0.3) is 5.91 Å². The van der Waals surface area contributed by atoms with Crippen molar-refractivity contribution < 1.29 is 9.59 Å². The van der Waals surface area contributed by atoms with Gasteiger partial charge in [-0.15, -0.1) is 0 Å². The molecule has 2 aliphatic rings. The van der Waals surface area contributed by atoms with Gasteiger partial charge in [-0.1, -0.05) is 48.0 Å². The summed E-state index contributed by atoms with van der Waals surface area (Å²) in [5, 5.41) is 11.4. The average Bonchev–Trinajstić information content (AvgIpc) is 3.18. The Balaban J connectivity index is 1.60. The van der Waals surface area contributed by atoms with Crippen molar-refractivity contribution in [2.75, 3.05) is 10.6 Å². The molecule has 0 radical (unpaired) electrons. The molecule has 0 fully saturated rings. The normalized spacial score (nSPS) is 17.6. The number of carbonyl (C=O) groups excluding carboxylic acids is 2. The third-order valence-electron chi connectivity index (χ3n) is 5.88. The highest BCUT2D eigenvalue weighted by molar-refractivity contribution is 6.31. The Hall–Kier alpha value is -3.38. The zero-order valence-corrected chi connectivity index (χ0v) is 17.7. The van der Waals surface area contributed by atoms with E-state index in [4.69, 9.17) is 11.6 Å². The quantitative estimate of drug-likeness (QED) is 0.602. The number of rotatable bonds is 3. The van der Waals surface area contributed by atoms with E-state index in [1.165, 1.54) is 0 Å². The molecule has 0 bridgehead atoms. The van der Waals surface area contributed by atoms with E-state index in [1.54, 1.807) is 16.9 Å². The number of benzene rings is 2. The smallest absolute Gasteiger partial charge is 0.261 e. The summed E-state index contributed by atoms with van der Waals surface area (Å²) in [6.45, 7) is 1.94. The minimum Gasteiger partial charge on any atom is -0.343 e. The van der Waals surface area contributed by atoms with Crippen LogP contribution in [0.4, 0.5) is 11.5 Å². The van der Waals surface area contributed by atoms with E-state index >= 15 is 0 Å². The number of fused-ring (bicyclic) bond motifs is 1. The van der Waals surface area contributed by atoms with Gasteiger partial charge >= 0.3 is 0 Å². The number of hydrogen-bond acceptors (Lipinski definition) is 4. The third kappa shape index (κ3) is 3.33. The van der Waals surface area contributed by atoms with Crippen molar-refractivity contribution in [1.82, 2.24) is 9.78 Å². The molecule has 1 aliphatic carbocycles. The lowest BCUT2D eigenvalue weighted by Crippen LogP contribution is -2.32. The van der Waals surface area contributed by atoms with Crippen LogP contribution in [0.5, 0.6) is 0 Å². The van der Waals surface area contributed by atoms with E-state index in [9.17, 15) is 9.59 Å². The monoisotopic (exact) mass is 432 g/mol. The minimum absolute atomic E-state index is 0.0886. The molecule has 0 saturated carbocycles. The number of para-hydroxylation sites is 1. The molecule has 2 aromatic carbocycles. The van der Waals surface area contributed by atoms with Crippen molar-refractivity contribution >= 4 is 34.8 Å². The molecule has 2 N–H and O–H groups in total. The topological polar surface area (TPSA) is 76.0 Å². The summed E-state index contributed by atoms with van der Waals surface area (Å²) in [6, 6.07) is 14.6. The number of ketones is 1. The minimum atomic E-state index is -0.465. The first kappa shape index (κ1) is 19.6. The number of aromatic nitrogens is 2. The number of anilines is 2. The molecule has 31 heavy (non-hydrogen) atoms. The summed E-state index contributed by atoms with van der Waals surface area (Å²) in [7, 11) is 0. The van der Waals surface area contributed by atoms with Gasteiger partial charge in [0.05, 0.1) is 6.20 Å². The fourth-order valence-corrected chi connectivity index (χ4v) is 4.55. The molecule has 1 amide bonds. The van der Waals surface area contributed by atoms with E-state index in [2.05, 4.69) is 15.7 Å². The van der Waals surface area contributed by atoms with Crippen LogP contribution in [0.3, 0.4) is 0 Å². The molecule has 5 rings (SSSR count). The van der Waals surface area contributed by atoms with Crippen molar-refractivity contribution in [2.24, 2.45) is 0 Å². The Kier molecular flexibility index (Phi) is 4.87. The summed E-state index contributed by atoms with van der Waals surface area (Å²) < 4.78 is 1.70. The lowest BCUT2D eigenvalue weighted by Gasteiger charge is -2.33. The number of allylic oxidation sites excluding steroid dienone is 2. The van der Waals surface area contributed by atoms with Crippen molar-refractivity contribution in [3.63, 3.8) is 0 Å². The standard InChI is InChI=1S/C24H21ClN4O2/c1-14-7-2-5-10-18(14)28-24(31)16-13-26-29-22(15-8-3-4-9-17(15)25)21-19(27-23(16)29)11-6-12-20(21)30/h2-5,7-10,13,22,27H,6,11-12H2,1H3,(H,28,31)/t22-/m0/s1. The number of aryl methyl sites for hydroxylation is 1. The van der Waals surface area contributed by atoms with Crippen LogP contribution in [0.15, 0.2) is 66.0 Å². The number of carbonyl (C=O) groups is 2. The van der Waals surface area contributed by atoms with Crippen LogP contribution in [-0.2, 0) is 4.79 Å². The lowest BCUT2D eigenvalue weighted by molar-refractivity contribution is -0.116. The van der Waals surface area contributed by atoms with E-state index in [0.717, 1.165) is 35.4 Å². The Morgan fingerprint density at radius 2 is 1.94 bits per heavy atom. The molecule has 1 aliphatic heterocycles. The van der Waals surface area contributed by atoms with Crippen molar-refractivity contribution in [2.45, 2.75) is 32.2 Å². The van der Waals surface area contributed by atoms with Gasteiger partial charge in [0.1, 0.15) is 17.4 Å². The maximum Gasteiger partial charge on any atom is 0.261 e. The Bertz CT molecular complexity index is 1240. The highest BCUT2D eigenvalue weighted by Crippen LogP contribution is 2.43. The van der Waals surface area contributed by atoms with Gasteiger partial charge in [-0.2, -0.15) is 5.10 Å². The predicted octanol–water partition coefficient (Wildman–Crippen LogP) is 5.12. The largest absolute Gasteiger partial charge is 0.343 e. The molecule has 1 atom stereocenters. The molecule has 3 aromatic rings. The van der Waals surface area contributed by atoms with Crippen LogP contribution in [0.2, 0.25) is 5.02 Å². The van der Waals surface area contributed by atoms with Gasteiger partial charge in [-0.3, -0.25) is 9.59 Å². The molecule has 0 saturated heterocycles. The number of amides is 1. The maximum absolute atomic E-state index is 13.1. The van der Waals surface area contributed by atoms with Gasteiger partial charge < -0.3 is 10.6 Å². The predicted molar refractivity (Wildman–Crippen MR) is 120 cm³/mol. The van der Waals surface area contributed by atoms with Crippen LogP contribution in [-0.4, -0.2) is 21.5 Å². The van der Waals surface area contributed by atoms with Gasteiger partial charge in [0.2, 0.25) is 0 Å². The molecular formula is C24H21ClN4O2. The second kappa shape index (κ2) is 7.71. The first-order valence-electron chi connectivity index (χ1n) is 10.3. The highest BCUT2D eigenvalue weighted by atomic mass is 35.5. The summed E-state index contributed by atoms with van der Waals surface area (Å²) in [4.78, 5) is 26.0. The van der Waals surface area contributed by atoms with Gasteiger partial charge in [-0.05, 0) is 43.0 Å². The summed E-state index contributed by atoms with van der Waals surface area (Å²) in [6.07, 6.45) is 3.56. The summed E-state index contributed by atoms with van der Waals surface area (Å²) in [5.41, 5.74) is 4.47. The van der Waals surface area contributed by atoms with E-state index in [1.807, 2.05) is 49.4 Å². The highest BCUT2D eigenvalue weighted by Gasteiger charge is 2.38. The first-order chi connectivity index (χ1) is 15.0. The molecule has 0 spiro atoms. The van der Waals surface area contributed by atoms with Gasteiger partial charge in [-0.25, -0.2) is 4.68 Å². The first-order valence-corrected chi connectivity index (χ1v) is 10.6. The van der Waals surface area contributed by atoms with E-state index < -0.39 is 6.04 Å². The lowest BCUT2D eigenvalue weighted by atomic mass is 9.85. The second-order valence-electron chi connectivity index (χ2n) is 7.84. The van der Waals surface area contributed by atoms with Crippen molar-refractivity contribution in [3.05, 3.63) is 87.7 Å².